The minimum Gasteiger partial charge on any atom is -0.497 e. The van der Waals surface area contributed by atoms with Crippen molar-refractivity contribution in [2.45, 2.75) is 33.2 Å². The van der Waals surface area contributed by atoms with Crippen molar-refractivity contribution in [2.75, 3.05) is 45.7 Å². The summed E-state index contributed by atoms with van der Waals surface area (Å²) >= 11 is 8.34. The zero-order valence-corrected chi connectivity index (χ0v) is 22.6. The number of ether oxygens (including phenoxy) is 1. The molecule has 4 rings (SSSR count). The summed E-state index contributed by atoms with van der Waals surface area (Å²) < 4.78 is 5.45. The van der Waals surface area contributed by atoms with Gasteiger partial charge in [0, 0.05) is 49.0 Å². The number of piperazine rings is 1. The fourth-order valence-corrected chi connectivity index (χ4v) is 5.67. The number of benzene rings is 2. The summed E-state index contributed by atoms with van der Waals surface area (Å²) in [5, 5.41) is 5.99. The molecule has 2 heterocycles. The third kappa shape index (κ3) is 6.31. The molecule has 5 nitrogen and oxygen atoms in total. The highest BCUT2D eigenvalue weighted by Crippen LogP contribution is 2.40. The molecule has 0 aromatic heterocycles. The third-order valence-electron chi connectivity index (χ3n) is 6.82. The maximum absolute atomic E-state index is 13.4. The largest absolute Gasteiger partial charge is 0.497 e. The second kappa shape index (κ2) is 11.7. The van der Waals surface area contributed by atoms with Gasteiger partial charge in [0.25, 0.3) is 5.91 Å². The number of methoxy groups -OCH3 is 1. The number of allylic oxidation sites excluding steroid dienone is 3. The Labute approximate surface area is 218 Å². The molecule has 7 heteroatoms. The molecule has 1 saturated heterocycles. The van der Waals surface area contributed by atoms with Crippen LogP contribution in [0.15, 0.2) is 52.3 Å². The predicted molar refractivity (Wildman–Crippen MR) is 148 cm³/mol. The summed E-state index contributed by atoms with van der Waals surface area (Å²) in [6.45, 7) is 9.10. The van der Waals surface area contributed by atoms with Crippen LogP contribution in [0, 0.1) is 0 Å². The Bertz CT molecular complexity index is 1150. The van der Waals surface area contributed by atoms with Crippen LogP contribution in [-0.4, -0.2) is 56.0 Å². The summed E-state index contributed by atoms with van der Waals surface area (Å²) in [6.07, 6.45) is 1.91. The van der Waals surface area contributed by atoms with Gasteiger partial charge in [0.1, 0.15) is 5.75 Å². The van der Waals surface area contributed by atoms with Gasteiger partial charge >= 0.3 is 0 Å². The van der Waals surface area contributed by atoms with E-state index in [4.69, 9.17) is 16.3 Å². The SMILES string of the molecule is CCC1=C(C)SC=C(c2cc(NC(=O)c3ccc(OC)cc3CN3CCN(C)CC3)ccc2Cl)C1. The first kappa shape index (κ1) is 25.8. The van der Waals surface area contributed by atoms with Gasteiger partial charge in [-0.3, -0.25) is 9.69 Å². The summed E-state index contributed by atoms with van der Waals surface area (Å²) in [5.74, 6) is 0.637. The minimum absolute atomic E-state index is 0.123. The molecule has 0 unspecified atom stereocenters. The highest BCUT2D eigenvalue weighted by Gasteiger charge is 2.20. The van der Waals surface area contributed by atoms with Crippen molar-refractivity contribution in [3.8, 4) is 5.75 Å². The van der Waals surface area contributed by atoms with Gasteiger partial charge in [0.2, 0.25) is 0 Å². The van der Waals surface area contributed by atoms with Crippen LogP contribution in [0.3, 0.4) is 0 Å². The Morgan fingerprint density at radius 2 is 1.91 bits per heavy atom. The highest BCUT2D eigenvalue weighted by molar-refractivity contribution is 8.06. The zero-order chi connectivity index (χ0) is 24.9. The van der Waals surface area contributed by atoms with Gasteiger partial charge in [-0.15, -0.1) is 11.8 Å². The average Bonchev–Trinajstić information content (AvgIpc) is 2.87. The van der Waals surface area contributed by atoms with E-state index in [0.717, 1.165) is 68.1 Å². The molecule has 0 saturated carbocycles. The first-order valence-electron chi connectivity index (χ1n) is 12.1. The molecular weight excluding hydrogens is 478 g/mol. The van der Waals surface area contributed by atoms with Crippen molar-refractivity contribution >= 4 is 40.5 Å². The molecule has 0 radical (unpaired) electrons. The van der Waals surface area contributed by atoms with E-state index < -0.39 is 0 Å². The van der Waals surface area contributed by atoms with Crippen molar-refractivity contribution in [2.24, 2.45) is 0 Å². The van der Waals surface area contributed by atoms with Crippen LogP contribution in [0.5, 0.6) is 5.75 Å². The van der Waals surface area contributed by atoms with Crippen molar-refractivity contribution in [3.63, 3.8) is 0 Å². The molecular formula is C28H34ClN3O2S. The number of hydrogen-bond donors (Lipinski definition) is 1. The molecule has 1 fully saturated rings. The predicted octanol–water partition coefficient (Wildman–Crippen LogP) is 6.51. The quantitative estimate of drug-likeness (QED) is 0.459. The molecule has 2 aromatic carbocycles. The lowest BCUT2D eigenvalue weighted by atomic mass is 9.97. The van der Waals surface area contributed by atoms with Gasteiger partial charge in [-0.2, -0.15) is 0 Å². The maximum atomic E-state index is 13.4. The Kier molecular flexibility index (Phi) is 8.60. The standard InChI is InChI=1S/C28H34ClN3O2S/c1-5-20-14-22(18-35-19(20)2)26-16-23(6-9-27(26)29)30-28(33)25-8-7-24(34-4)15-21(25)17-32-12-10-31(3)11-13-32/h6-9,15-16,18H,5,10-14,17H2,1-4H3,(H,30,33). The van der Waals surface area contributed by atoms with Crippen LogP contribution in [0.4, 0.5) is 5.69 Å². The smallest absolute Gasteiger partial charge is 0.255 e. The Hall–Kier alpha value is -2.25. The van der Waals surface area contributed by atoms with Crippen LogP contribution in [0.2, 0.25) is 5.02 Å². The number of hydrogen-bond acceptors (Lipinski definition) is 5. The monoisotopic (exact) mass is 511 g/mol. The number of halogens is 1. The van der Waals surface area contributed by atoms with E-state index in [-0.39, 0.29) is 5.91 Å². The summed E-state index contributed by atoms with van der Waals surface area (Å²) in [5.41, 5.74) is 5.98. The lowest BCUT2D eigenvalue weighted by Gasteiger charge is -2.32. The number of nitrogens with one attached hydrogen (secondary N) is 1. The van der Waals surface area contributed by atoms with Gasteiger partial charge in [-0.25, -0.2) is 0 Å². The molecule has 2 aromatic rings. The van der Waals surface area contributed by atoms with Gasteiger partial charge < -0.3 is 15.0 Å². The molecule has 2 aliphatic heterocycles. The Balaban J connectivity index is 1.54. The number of amides is 1. The van der Waals surface area contributed by atoms with Crippen LogP contribution in [-0.2, 0) is 6.54 Å². The normalized spacial score (nSPS) is 17.3. The minimum atomic E-state index is -0.123. The molecule has 2 aliphatic rings. The fraction of sp³-hybridized carbons (Fsp3) is 0.393. The van der Waals surface area contributed by atoms with E-state index in [1.54, 1.807) is 18.9 Å². The number of thioether (sulfide) groups is 1. The maximum Gasteiger partial charge on any atom is 0.255 e. The molecule has 1 amide bonds. The highest BCUT2D eigenvalue weighted by atomic mass is 35.5. The molecule has 186 valence electrons. The molecule has 35 heavy (non-hydrogen) atoms. The topological polar surface area (TPSA) is 44.8 Å². The van der Waals surface area contributed by atoms with E-state index in [0.29, 0.717) is 10.6 Å². The number of carbonyl (C=O) groups is 1. The second-order valence-corrected chi connectivity index (χ2v) is 10.7. The molecule has 0 atom stereocenters. The van der Waals surface area contributed by atoms with Crippen molar-refractivity contribution in [1.82, 2.24) is 9.80 Å². The number of anilines is 1. The molecule has 1 N–H and O–H groups in total. The van der Waals surface area contributed by atoms with Crippen LogP contribution in [0.25, 0.3) is 5.57 Å². The third-order valence-corrected chi connectivity index (χ3v) is 8.20. The van der Waals surface area contributed by atoms with Gasteiger partial charge in [-0.05, 0) is 90.2 Å². The van der Waals surface area contributed by atoms with E-state index in [1.165, 1.54) is 16.1 Å². The lowest BCUT2D eigenvalue weighted by molar-refractivity contribution is 0.102. The van der Waals surface area contributed by atoms with Crippen LogP contribution >= 0.6 is 23.4 Å². The number of carbonyl (C=O) groups excluding carboxylic acids is 1. The van der Waals surface area contributed by atoms with E-state index >= 15 is 0 Å². The van der Waals surface area contributed by atoms with Crippen LogP contribution < -0.4 is 10.1 Å². The van der Waals surface area contributed by atoms with Crippen molar-refractivity contribution in [1.29, 1.82) is 0 Å². The average molecular weight is 512 g/mol. The second-order valence-electron chi connectivity index (χ2n) is 9.20. The Morgan fingerprint density at radius 3 is 2.63 bits per heavy atom. The number of likely N-dealkylation sites (N-methyl/N-ethyl adjacent to an activating group) is 1. The van der Waals surface area contributed by atoms with Gasteiger partial charge in [-0.1, -0.05) is 24.1 Å². The molecule has 0 aliphatic carbocycles. The van der Waals surface area contributed by atoms with Crippen molar-refractivity contribution in [3.05, 3.63) is 74.0 Å². The number of rotatable bonds is 7. The zero-order valence-electron chi connectivity index (χ0n) is 21.0. The van der Waals surface area contributed by atoms with Gasteiger partial charge in [0.15, 0.2) is 0 Å². The summed E-state index contributed by atoms with van der Waals surface area (Å²) in [7, 11) is 3.80. The van der Waals surface area contributed by atoms with E-state index in [9.17, 15) is 4.79 Å². The Morgan fingerprint density at radius 1 is 1.14 bits per heavy atom. The summed E-state index contributed by atoms with van der Waals surface area (Å²) in [4.78, 5) is 19.5. The lowest BCUT2D eigenvalue weighted by Crippen LogP contribution is -2.44. The first-order chi connectivity index (χ1) is 16.9. The van der Waals surface area contributed by atoms with Gasteiger partial charge in [0.05, 0.1) is 7.11 Å². The summed E-state index contributed by atoms with van der Waals surface area (Å²) in [6, 6.07) is 11.4. The number of nitrogens with zero attached hydrogens (tertiary/aromatic N) is 2. The van der Waals surface area contributed by atoms with E-state index in [1.807, 2.05) is 36.4 Å². The van der Waals surface area contributed by atoms with Crippen LogP contribution in [0.1, 0.15) is 48.2 Å². The fourth-order valence-electron chi connectivity index (χ4n) is 4.52. The molecule has 0 spiro atoms. The molecule has 0 bridgehead atoms. The van der Waals surface area contributed by atoms with Crippen molar-refractivity contribution < 1.29 is 9.53 Å². The first-order valence-corrected chi connectivity index (χ1v) is 13.4. The van der Waals surface area contributed by atoms with E-state index in [2.05, 4.69) is 41.4 Å².